The highest BCUT2D eigenvalue weighted by molar-refractivity contribution is 7.19. The lowest BCUT2D eigenvalue weighted by Crippen LogP contribution is -2.29. The van der Waals surface area contributed by atoms with Crippen LogP contribution in [0.4, 0.5) is 5.69 Å². The van der Waals surface area contributed by atoms with Crippen molar-refractivity contribution in [1.82, 2.24) is 9.55 Å². The number of carbonyl (C=O) groups excluding carboxylic acids is 2. The molecule has 0 aliphatic carbocycles. The second kappa shape index (κ2) is 8.13. The molecule has 1 aliphatic rings. The number of amides is 1. The van der Waals surface area contributed by atoms with Crippen molar-refractivity contribution in [2.75, 3.05) is 11.9 Å². The van der Waals surface area contributed by atoms with E-state index >= 15 is 0 Å². The lowest BCUT2D eigenvalue weighted by atomic mass is 10.0. The first-order valence-corrected chi connectivity index (χ1v) is 11.4. The van der Waals surface area contributed by atoms with Gasteiger partial charge in [0.05, 0.1) is 23.4 Å². The SMILES string of the molecule is Cc1sc2ncn(C(C)C(=O)c3ccc4c(c3)NC(=O)CO4)c(=O)c2c1-c1ccc(Cl)cc1. The minimum Gasteiger partial charge on any atom is -0.482 e. The summed E-state index contributed by atoms with van der Waals surface area (Å²) in [5.74, 6) is -0.0603. The summed E-state index contributed by atoms with van der Waals surface area (Å²) in [6.45, 7) is 3.54. The second-order valence-electron chi connectivity index (χ2n) is 7.77. The molecule has 0 bridgehead atoms. The number of rotatable bonds is 4. The van der Waals surface area contributed by atoms with Gasteiger partial charge in [-0.15, -0.1) is 11.3 Å². The maximum absolute atomic E-state index is 13.5. The van der Waals surface area contributed by atoms with Crippen molar-refractivity contribution >= 4 is 50.5 Å². The fraction of sp³-hybridized carbons (Fsp3) is 0.167. The van der Waals surface area contributed by atoms with Crippen LogP contribution in [0.1, 0.15) is 28.2 Å². The molecule has 1 unspecified atom stereocenters. The van der Waals surface area contributed by atoms with Crippen LogP contribution in [0.15, 0.2) is 53.6 Å². The van der Waals surface area contributed by atoms with Crippen molar-refractivity contribution < 1.29 is 14.3 Å². The Labute approximate surface area is 197 Å². The highest BCUT2D eigenvalue weighted by Gasteiger charge is 2.24. The molecule has 1 atom stereocenters. The third-order valence-electron chi connectivity index (χ3n) is 5.64. The van der Waals surface area contributed by atoms with E-state index in [9.17, 15) is 14.4 Å². The van der Waals surface area contributed by atoms with Gasteiger partial charge >= 0.3 is 0 Å². The molecule has 166 valence electrons. The van der Waals surface area contributed by atoms with Crippen molar-refractivity contribution in [3.63, 3.8) is 0 Å². The van der Waals surface area contributed by atoms with Crippen molar-refractivity contribution in [3.05, 3.63) is 74.6 Å². The van der Waals surface area contributed by atoms with Gasteiger partial charge in [-0.05, 0) is 49.7 Å². The summed E-state index contributed by atoms with van der Waals surface area (Å²) in [5.41, 5.74) is 2.17. The normalized spacial score (nSPS) is 13.8. The minimum atomic E-state index is -0.800. The number of carbonyl (C=O) groups is 2. The summed E-state index contributed by atoms with van der Waals surface area (Å²) >= 11 is 7.47. The number of hydrogen-bond donors (Lipinski definition) is 1. The first kappa shape index (κ1) is 21.4. The Kier molecular flexibility index (Phi) is 5.26. The van der Waals surface area contributed by atoms with E-state index in [0.717, 1.165) is 16.0 Å². The maximum Gasteiger partial charge on any atom is 0.263 e. The van der Waals surface area contributed by atoms with E-state index in [1.54, 1.807) is 37.3 Å². The summed E-state index contributed by atoms with van der Waals surface area (Å²) in [4.78, 5) is 44.4. The van der Waals surface area contributed by atoms with Crippen LogP contribution in [0.25, 0.3) is 21.3 Å². The van der Waals surface area contributed by atoms with Gasteiger partial charge in [-0.1, -0.05) is 23.7 Å². The van der Waals surface area contributed by atoms with Crippen LogP contribution in [0.2, 0.25) is 5.02 Å². The number of anilines is 1. The zero-order chi connectivity index (χ0) is 23.3. The number of halogens is 1. The predicted octanol–water partition coefficient (Wildman–Crippen LogP) is 4.86. The Morgan fingerprint density at radius 3 is 2.73 bits per heavy atom. The summed E-state index contributed by atoms with van der Waals surface area (Å²) in [7, 11) is 0. The number of fused-ring (bicyclic) bond motifs is 2. The average molecular weight is 480 g/mol. The Morgan fingerprint density at radius 1 is 1.21 bits per heavy atom. The standard InChI is InChI=1S/C24H18ClN3O4S/c1-12(22(30)15-5-8-18-17(9-15)27-19(29)10-32-18)28-11-26-23-21(24(28)31)20(13(2)33-23)14-3-6-16(25)7-4-14/h3-9,11-12H,10H2,1-2H3,(H,27,29). The molecular formula is C24H18ClN3O4S. The molecule has 0 radical (unpaired) electrons. The Balaban J connectivity index is 1.57. The number of nitrogens with one attached hydrogen (secondary N) is 1. The fourth-order valence-electron chi connectivity index (χ4n) is 3.96. The van der Waals surface area contributed by atoms with Crippen LogP contribution in [0, 0.1) is 6.92 Å². The Morgan fingerprint density at radius 2 is 1.97 bits per heavy atom. The van der Waals surface area contributed by atoms with E-state index in [0.29, 0.717) is 32.2 Å². The molecule has 2 aromatic heterocycles. The summed E-state index contributed by atoms with van der Waals surface area (Å²) in [6.07, 6.45) is 1.41. The number of aryl methyl sites for hydroxylation is 1. The van der Waals surface area contributed by atoms with Crippen LogP contribution in [0.3, 0.4) is 0 Å². The summed E-state index contributed by atoms with van der Waals surface area (Å²) in [6, 6.07) is 11.3. The molecule has 9 heteroatoms. The summed E-state index contributed by atoms with van der Waals surface area (Å²) in [5, 5.41) is 3.79. The van der Waals surface area contributed by atoms with E-state index in [1.165, 1.54) is 22.2 Å². The minimum absolute atomic E-state index is 0.0617. The van der Waals surface area contributed by atoms with E-state index in [1.807, 2.05) is 19.1 Å². The van der Waals surface area contributed by atoms with E-state index in [2.05, 4.69) is 10.3 Å². The number of aromatic nitrogens is 2. The van der Waals surface area contributed by atoms with Gasteiger partial charge in [-0.25, -0.2) is 4.98 Å². The third kappa shape index (κ3) is 3.71. The van der Waals surface area contributed by atoms with Gasteiger partial charge in [0.25, 0.3) is 11.5 Å². The van der Waals surface area contributed by atoms with Crippen LogP contribution in [0.5, 0.6) is 5.75 Å². The monoisotopic (exact) mass is 479 g/mol. The molecule has 3 heterocycles. The van der Waals surface area contributed by atoms with E-state index in [4.69, 9.17) is 16.3 Å². The lowest BCUT2D eigenvalue weighted by Gasteiger charge is -2.19. The topological polar surface area (TPSA) is 90.3 Å². The third-order valence-corrected chi connectivity index (χ3v) is 6.91. The first-order chi connectivity index (χ1) is 15.8. The molecule has 33 heavy (non-hydrogen) atoms. The molecule has 0 fully saturated rings. The van der Waals surface area contributed by atoms with Gasteiger partial charge in [0, 0.05) is 21.0 Å². The van der Waals surface area contributed by atoms with Gasteiger partial charge in [0.2, 0.25) is 0 Å². The molecule has 0 saturated carbocycles. The van der Waals surface area contributed by atoms with Gasteiger partial charge in [0.15, 0.2) is 12.4 Å². The molecule has 2 aromatic carbocycles. The van der Waals surface area contributed by atoms with E-state index < -0.39 is 6.04 Å². The molecule has 1 aliphatic heterocycles. The lowest BCUT2D eigenvalue weighted by molar-refractivity contribution is -0.118. The quantitative estimate of drug-likeness (QED) is 0.422. The largest absolute Gasteiger partial charge is 0.482 e. The van der Waals surface area contributed by atoms with E-state index in [-0.39, 0.29) is 23.9 Å². The molecule has 5 rings (SSSR count). The molecule has 0 spiro atoms. The van der Waals surface area contributed by atoms with Crippen LogP contribution >= 0.6 is 22.9 Å². The zero-order valence-corrected chi connectivity index (χ0v) is 19.3. The Hall–Kier alpha value is -3.49. The fourth-order valence-corrected chi connectivity index (χ4v) is 5.09. The van der Waals surface area contributed by atoms with Crippen molar-refractivity contribution in [2.45, 2.75) is 19.9 Å². The van der Waals surface area contributed by atoms with Gasteiger partial charge < -0.3 is 10.1 Å². The molecule has 1 amide bonds. The number of hydrogen-bond acceptors (Lipinski definition) is 6. The molecule has 7 nitrogen and oxygen atoms in total. The highest BCUT2D eigenvalue weighted by Crippen LogP contribution is 2.36. The van der Waals surface area contributed by atoms with Gasteiger partial charge in [-0.2, -0.15) is 0 Å². The number of benzene rings is 2. The molecule has 4 aromatic rings. The number of Topliss-reactive ketones (excluding diaryl/α,β-unsaturated/α-hetero) is 1. The first-order valence-electron chi connectivity index (χ1n) is 10.2. The maximum atomic E-state index is 13.5. The smallest absolute Gasteiger partial charge is 0.263 e. The molecular weight excluding hydrogens is 462 g/mol. The summed E-state index contributed by atoms with van der Waals surface area (Å²) < 4.78 is 6.70. The predicted molar refractivity (Wildman–Crippen MR) is 129 cm³/mol. The number of thiophene rings is 1. The van der Waals surface area contributed by atoms with Crippen molar-refractivity contribution in [1.29, 1.82) is 0 Å². The molecule has 0 saturated heterocycles. The van der Waals surface area contributed by atoms with Crippen LogP contribution in [-0.2, 0) is 4.79 Å². The average Bonchev–Trinajstić information content (AvgIpc) is 3.15. The second-order valence-corrected chi connectivity index (χ2v) is 9.40. The highest BCUT2D eigenvalue weighted by atomic mass is 35.5. The zero-order valence-electron chi connectivity index (χ0n) is 17.7. The number of ketones is 1. The molecule has 1 N–H and O–H groups in total. The van der Waals surface area contributed by atoms with Crippen LogP contribution < -0.4 is 15.6 Å². The van der Waals surface area contributed by atoms with Gasteiger partial charge in [-0.3, -0.25) is 19.0 Å². The van der Waals surface area contributed by atoms with Crippen LogP contribution in [-0.4, -0.2) is 27.8 Å². The number of ether oxygens (including phenoxy) is 1. The van der Waals surface area contributed by atoms with Crippen molar-refractivity contribution in [2.24, 2.45) is 0 Å². The Bertz CT molecular complexity index is 1490. The number of nitrogens with zero attached hydrogens (tertiary/aromatic N) is 2. The van der Waals surface area contributed by atoms with Crippen molar-refractivity contribution in [3.8, 4) is 16.9 Å². The van der Waals surface area contributed by atoms with Gasteiger partial charge in [0.1, 0.15) is 10.6 Å².